The van der Waals surface area contributed by atoms with Crippen molar-refractivity contribution < 1.29 is 17.6 Å². The molecule has 2 aromatic carbocycles. The van der Waals surface area contributed by atoms with Crippen molar-refractivity contribution in [2.75, 3.05) is 18.4 Å². The molecule has 0 atom stereocenters. The van der Waals surface area contributed by atoms with Gasteiger partial charge in [0.05, 0.1) is 15.5 Å². The number of amides is 1. The number of nitrogens with one attached hydrogen (secondary N) is 1. The second-order valence-corrected chi connectivity index (χ2v) is 10.4. The number of anilines is 1. The van der Waals surface area contributed by atoms with Crippen LogP contribution < -0.4 is 5.32 Å². The van der Waals surface area contributed by atoms with Crippen LogP contribution in [0.4, 0.5) is 6.01 Å². The topological polar surface area (TPSA) is 105 Å². The molecule has 0 radical (unpaired) electrons. The Hall–Kier alpha value is -2.46. The Bertz CT molecular complexity index is 1240. The predicted molar refractivity (Wildman–Crippen MR) is 121 cm³/mol. The Morgan fingerprint density at radius 3 is 2.44 bits per heavy atom. The number of aromatic nitrogens is 2. The third-order valence-corrected chi connectivity index (χ3v) is 7.76. The van der Waals surface area contributed by atoms with Crippen LogP contribution in [0, 0.1) is 5.92 Å². The van der Waals surface area contributed by atoms with E-state index in [1.807, 2.05) is 0 Å². The lowest BCUT2D eigenvalue weighted by Crippen LogP contribution is -2.37. The Kier molecular flexibility index (Phi) is 6.52. The van der Waals surface area contributed by atoms with E-state index >= 15 is 0 Å². The van der Waals surface area contributed by atoms with Crippen molar-refractivity contribution in [3.8, 4) is 11.5 Å². The highest BCUT2D eigenvalue weighted by Gasteiger charge is 2.28. The van der Waals surface area contributed by atoms with Crippen LogP contribution in [-0.4, -0.2) is 41.9 Å². The maximum atomic E-state index is 12.8. The first-order valence-electron chi connectivity index (χ1n) is 9.94. The van der Waals surface area contributed by atoms with Crippen LogP contribution in [0.5, 0.6) is 0 Å². The van der Waals surface area contributed by atoms with Crippen molar-refractivity contribution >= 4 is 45.1 Å². The molecule has 1 aliphatic rings. The third-order valence-electron chi connectivity index (χ3n) is 5.30. The molecule has 0 unspecified atom stereocenters. The maximum absolute atomic E-state index is 12.8. The molecule has 1 amide bonds. The molecule has 0 spiro atoms. The van der Waals surface area contributed by atoms with Gasteiger partial charge in [0.1, 0.15) is 0 Å². The highest BCUT2D eigenvalue weighted by Crippen LogP contribution is 2.30. The van der Waals surface area contributed by atoms with Crippen molar-refractivity contribution in [3.05, 3.63) is 58.1 Å². The zero-order valence-corrected chi connectivity index (χ0v) is 19.4. The van der Waals surface area contributed by atoms with Gasteiger partial charge in [-0.1, -0.05) is 35.2 Å². The largest absolute Gasteiger partial charge is 0.403 e. The Labute approximate surface area is 195 Å². The number of carbonyl (C=O) groups excluding carboxylic acids is 1. The third kappa shape index (κ3) is 4.80. The lowest BCUT2D eigenvalue weighted by molar-refractivity contribution is 0.102. The van der Waals surface area contributed by atoms with Gasteiger partial charge in [0.25, 0.3) is 11.8 Å². The Morgan fingerprint density at radius 2 is 1.78 bits per heavy atom. The molecule has 1 aliphatic heterocycles. The van der Waals surface area contributed by atoms with Gasteiger partial charge in [-0.3, -0.25) is 10.1 Å². The van der Waals surface area contributed by atoms with E-state index in [1.165, 1.54) is 28.6 Å². The summed E-state index contributed by atoms with van der Waals surface area (Å²) in [5.74, 6) is 0.130. The average Bonchev–Trinajstić information content (AvgIpc) is 3.22. The molecule has 3 aromatic rings. The molecule has 1 saturated heterocycles. The van der Waals surface area contributed by atoms with E-state index in [0.29, 0.717) is 34.6 Å². The molecule has 1 aromatic heterocycles. The first-order valence-corrected chi connectivity index (χ1v) is 12.1. The molecule has 11 heteroatoms. The van der Waals surface area contributed by atoms with Crippen LogP contribution in [0.2, 0.25) is 10.0 Å². The minimum atomic E-state index is -3.58. The second kappa shape index (κ2) is 9.19. The van der Waals surface area contributed by atoms with Gasteiger partial charge >= 0.3 is 6.01 Å². The molecule has 1 fully saturated rings. The number of benzene rings is 2. The fraction of sp³-hybridized carbons (Fsp3) is 0.286. The molecular formula is C21H20Cl2N4O4S. The van der Waals surface area contributed by atoms with Gasteiger partial charge in [0.15, 0.2) is 0 Å². The molecule has 0 bridgehead atoms. The van der Waals surface area contributed by atoms with E-state index in [0.717, 1.165) is 12.8 Å². The van der Waals surface area contributed by atoms with Crippen molar-refractivity contribution in [1.29, 1.82) is 0 Å². The van der Waals surface area contributed by atoms with E-state index in [1.54, 1.807) is 18.2 Å². The maximum Gasteiger partial charge on any atom is 0.322 e. The monoisotopic (exact) mass is 494 g/mol. The molecule has 8 nitrogen and oxygen atoms in total. The number of nitrogens with zero attached hydrogens (tertiary/aromatic N) is 3. The molecule has 0 aliphatic carbocycles. The normalized spacial score (nSPS) is 15.6. The summed E-state index contributed by atoms with van der Waals surface area (Å²) < 4.78 is 32.6. The van der Waals surface area contributed by atoms with E-state index in [4.69, 9.17) is 27.6 Å². The number of hydrogen-bond donors (Lipinski definition) is 1. The summed E-state index contributed by atoms with van der Waals surface area (Å²) in [6, 6.07) is 10.4. The smallest absolute Gasteiger partial charge is 0.322 e. The summed E-state index contributed by atoms with van der Waals surface area (Å²) in [7, 11) is -3.58. The number of piperidine rings is 1. The zero-order chi connectivity index (χ0) is 22.9. The summed E-state index contributed by atoms with van der Waals surface area (Å²) >= 11 is 12.0. The van der Waals surface area contributed by atoms with Crippen molar-refractivity contribution in [2.45, 2.75) is 24.7 Å². The molecule has 168 valence electrons. The molecule has 32 heavy (non-hydrogen) atoms. The molecular weight excluding hydrogens is 475 g/mol. The van der Waals surface area contributed by atoms with Gasteiger partial charge in [-0.2, -0.15) is 4.31 Å². The highest BCUT2D eigenvalue weighted by molar-refractivity contribution is 7.89. The molecule has 4 rings (SSSR count). The number of carbonyl (C=O) groups is 1. The fourth-order valence-corrected chi connectivity index (χ4v) is 5.33. The Balaban J connectivity index is 1.45. The van der Waals surface area contributed by atoms with Crippen molar-refractivity contribution in [3.63, 3.8) is 0 Å². The lowest BCUT2D eigenvalue weighted by atomic mass is 10.0. The van der Waals surface area contributed by atoms with Crippen molar-refractivity contribution in [1.82, 2.24) is 14.5 Å². The average molecular weight is 495 g/mol. The van der Waals surface area contributed by atoms with Crippen LogP contribution in [-0.2, 0) is 10.0 Å². The van der Waals surface area contributed by atoms with Gasteiger partial charge in [-0.15, -0.1) is 5.10 Å². The van der Waals surface area contributed by atoms with Gasteiger partial charge < -0.3 is 4.42 Å². The lowest BCUT2D eigenvalue weighted by Gasteiger charge is -2.29. The van der Waals surface area contributed by atoms with Gasteiger partial charge in [0.2, 0.25) is 10.0 Å². The minimum Gasteiger partial charge on any atom is -0.403 e. The zero-order valence-electron chi connectivity index (χ0n) is 17.1. The molecule has 2 heterocycles. The summed E-state index contributed by atoms with van der Waals surface area (Å²) in [5, 5.41) is 11.0. The Morgan fingerprint density at radius 1 is 1.09 bits per heavy atom. The van der Waals surface area contributed by atoms with E-state index < -0.39 is 15.9 Å². The minimum absolute atomic E-state index is 0.116. The number of hydrogen-bond acceptors (Lipinski definition) is 6. The summed E-state index contributed by atoms with van der Waals surface area (Å²) in [4.78, 5) is 12.7. The SMILES string of the molecule is CC1CCN(S(=O)(=O)c2ccc(C(=O)Nc3nnc(-c4ccc(Cl)cc4Cl)o3)cc2)CC1. The molecule has 1 N–H and O–H groups in total. The quantitative estimate of drug-likeness (QED) is 0.550. The van der Waals surface area contributed by atoms with E-state index in [9.17, 15) is 13.2 Å². The van der Waals surface area contributed by atoms with E-state index in [2.05, 4.69) is 22.4 Å². The van der Waals surface area contributed by atoms with Crippen LogP contribution >= 0.6 is 23.2 Å². The highest BCUT2D eigenvalue weighted by atomic mass is 35.5. The van der Waals surface area contributed by atoms with Crippen molar-refractivity contribution in [2.24, 2.45) is 5.92 Å². The summed E-state index contributed by atoms with van der Waals surface area (Å²) in [5.41, 5.74) is 0.728. The van der Waals surface area contributed by atoms with Crippen LogP contribution in [0.15, 0.2) is 51.8 Å². The van der Waals surface area contributed by atoms with Gasteiger partial charge in [-0.05, 0) is 61.2 Å². The number of rotatable bonds is 5. The van der Waals surface area contributed by atoms with Crippen LogP contribution in [0.25, 0.3) is 11.5 Å². The number of sulfonamides is 1. The first-order chi connectivity index (χ1) is 15.2. The summed E-state index contributed by atoms with van der Waals surface area (Å²) in [6.45, 7) is 3.12. The second-order valence-electron chi connectivity index (χ2n) is 7.60. The summed E-state index contributed by atoms with van der Waals surface area (Å²) in [6.07, 6.45) is 1.68. The van der Waals surface area contributed by atoms with E-state index in [-0.39, 0.29) is 22.4 Å². The first kappa shape index (κ1) is 22.7. The fourth-order valence-electron chi connectivity index (χ4n) is 3.37. The van der Waals surface area contributed by atoms with Crippen LogP contribution in [0.3, 0.4) is 0 Å². The van der Waals surface area contributed by atoms with Crippen LogP contribution in [0.1, 0.15) is 30.1 Å². The molecule has 0 saturated carbocycles. The predicted octanol–water partition coefficient (Wildman–Crippen LogP) is 4.72. The standard InChI is InChI=1S/C21H20Cl2N4O4S/c1-13-8-10-27(11-9-13)32(29,30)16-5-2-14(3-6-16)19(28)24-21-26-25-20(31-21)17-7-4-15(22)12-18(17)23/h2-7,12-13H,8-11H2,1H3,(H,24,26,28). The number of halogens is 2. The van der Waals surface area contributed by atoms with Gasteiger partial charge in [-0.25, -0.2) is 8.42 Å². The van der Waals surface area contributed by atoms with Gasteiger partial charge in [0, 0.05) is 23.7 Å².